The Labute approximate surface area is 53.4 Å². The fourth-order valence-corrected chi connectivity index (χ4v) is 0.794. The Kier molecular flexibility index (Phi) is 1.56. The van der Waals surface area contributed by atoms with Crippen LogP contribution in [0.15, 0.2) is 0 Å². The van der Waals surface area contributed by atoms with E-state index in [9.17, 15) is 0 Å². The highest BCUT2D eigenvalue weighted by atomic mass is 16.4. The van der Waals surface area contributed by atoms with Crippen molar-refractivity contribution in [1.29, 1.82) is 0 Å². The lowest BCUT2D eigenvalue weighted by Gasteiger charge is -2.09. The highest BCUT2D eigenvalue weighted by Gasteiger charge is 2.60. The molecule has 0 bridgehead atoms. The molecule has 0 heterocycles. The van der Waals surface area contributed by atoms with Crippen molar-refractivity contribution in [3.8, 4) is 0 Å². The monoisotopic (exact) mass is 130 g/mol. The van der Waals surface area contributed by atoms with Gasteiger partial charge in [-0.2, -0.15) is 0 Å². The third-order valence-electron chi connectivity index (χ3n) is 1.86. The van der Waals surface area contributed by atoms with E-state index in [0.717, 1.165) is 0 Å². The molecule has 0 spiro atoms. The first kappa shape index (κ1) is 7.08. The molecular formula is C3H8B2O4. The molecule has 0 aromatic rings. The summed E-state index contributed by atoms with van der Waals surface area (Å²) in [5.74, 6) is 0. The molecule has 1 fully saturated rings. The van der Waals surface area contributed by atoms with E-state index in [1.807, 2.05) is 0 Å². The van der Waals surface area contributed by atoms with E-state index in [2.05, 4.69) is 0 Å². The standard InChI is InChI=1S/C3H8B2O4/c6-4(7)3(1-2-3)5(8)9/h6-9H,1-2H2. The molecule has 9 heavy (non-hydrogen) atoms. The average molecular weight is 130 g/mol. The van der Waals surface area contributed by atoms with Crippen LogP contribution in [0.4, 0.5) is 0 Å². The minimum Gasteiger partial charge on any atom is -0.427 e. The minimum atomic E-state index is -1.60. The molecule has 1 rings (SSSR count). The smallest absolute Gasteiger partial charge is 0.427 e. The summed E-state index contributed by atoms with van der Waals surface area (Å²) < 4.78 is 0. The first-order valence-corrected chi connectivity index (χ1v) is 2.82. The molecule has 4 N–H and O–H groups in total. The van der Waals surface area contributed by atoms with E-state index in [4.69, 9.17) is 20.1 Å². The van der Waals surface area contributed by atoms with E-state index >= 15 is 0 Å². The third kappa shape index (κ3) is 0.986. The van der Waals surface area contributed by atoms with Gasteiger partial charge in [-0.1, -0.05) is 12.8 Å². The molecule has 0 saturated heterocycles. The van der Waals surface area contributed by atoms with Crippen LogP contribution in [-0.2, 0) is 0 Å². The lowest BCUT2D eigenvalue weighted by Crippen LogP contribution is -2.35. The van der Waals surface area contributed by atoms with Gasteiger partial charge in [-0.25, -0.2) is 0 Å². The molecule has 0 unspecified atom stereocenters. The molecule has 0 amide bonds. The topological polar surface area (TPSA) is 80.9 Å². The van der Waals surface area contributed by atoms with Crippen molar-refractivity contribution in [2.45, 2.75) is 18.1 Å². The molecule has 0 aromatic heterocycles. The van der Waals surface area contributed by atoms with Gasteiger partial charge >= 0.3 is 14.2 Å². The predicted octanol–water partition coefficient (Wildman–Crippen LogP) is -1.99. The van der Waals surface area contributed by atoms with Gasteiger partial charge in [0.1, 0.15) is 0 Å². The fourth-order valence-electron chi connectivity index (χ4n) is 0.794. The molecule has 6 heteroatoms. The van der Waals surface area contributed by atoms with Gasteiger partial charge in [-0.3, -0.25) is 0 Å². The summed E-state index contributed by atoms with van der Waals surface area (Å²) >= 11 is 0. The first-order chi connectivity index (χ1) is 4.09. The Morgan fingerprint density at radius 1 is 0.889 bits per heavy atom. The predicted molar refractivity (Wildman–Crippen MR) is 32.3 cm³/mol. The van der Waals surface area contributed by atoms with E-state index in [-0.39, 0.29) is 0 Å². The molecular weight excluding hydrogens is 122 g/mol. The Bertz CT molecular complexity index is 100. The van der Waals surface area contributed by atoms with Gasteiger partial charge in [-0.15, -0.1) is 0 Å². The molecule has 1 aliphatic rings. The summed E-state index contributed by atoms with van der Waals surface area (Å²) in [5.41, 5.74) is 0. The van der Waals surface area contributed by atoms with Crippen LogP contribution in [0.1, 0.15) is 12.8 Å². The van der Waals surface area contributed by atoms with E-state index in [1.54, 1.807) is 0 Å². The SMILES string of the molecule is OB(O)C1(B(O)O)CC1. The summed E-state index contributed by atoms with van der Waals surface area (Å²) in [6, 6.07) is 0. The van der Waals surface area contributed by atoms with Gasteiger partial charge in [0.05, 0.1) is 0 Å². The first-order valence-electron chi connectivity index (χ1n) is 2.82. The van der Waals surface area contributed by atoms with Gasteiger partial charge in [-0.05, 0) is 0 Å². The zero-order chi connectivity index (χ0) is 7.07. The van der Waals surface area contributed by atoms with Crippen molar-refractivity contribution in [3.05, 3.63) is 0 Å². The normalized spacial score (nSPS) is 21.3. The molecule has 0 aliphatic heterocycles. The van der Waals surface area contributed by atoms with Crippen molar-refractivity contribution >= 4 is 14.2 Å². The second-order valence-corrected chi connectivity index (χ2v) is 2.48. The summed E-state index contributed by atoms with van der Waals surface area (Å²) in [5, 5.41) is 33.2. The summed E-state index contributed by atoms with van der Waals surface area (Å²) in [6.45, 7) is 0. The maximum absolute atomic E-state index is 8.55. The van der Waals surface area contributed by atoms with Crippen LogP contribution in [0, 0.1) is 0 Å². The zero-order valence-corrected chi connectivity index (χ0v) is 4.86. The van der Waals surface area contributed by atoms with Crippen molar-refractivity contribution in [2.75, 3.05) is 0 Å². The van der Waals surface area contributed by atoms with Gasteiger partial charge in [0.25, 0.3) is 0 Å². The molecule has 0 radical (unpaired) electrons. The lowest BCUT2D eigenvalue weighted by molar-refractivity contribution is 0.353. The van der Waals surface area contributed by atoms with Crippen molar-refractivity contribution < 1.29 is 20.1 Å². The van der Waals surface area contributed by atoms with Gasteiger partial charge < -0.3 is 20.1 Å². The van der Waals surface area contributed by atoms with Crippen LogP contribution < -0.4 is 0 Å². The highest BCUT2D eigenvalue weighted by molar-refractivity contribution is 6.69. The highest BCUT2D eigenvalue weighted by Crippen LogP contribution is 2.55. The van der Waals surface area contributed by atoms with Gasteiger partial charge in [0.15, 0.2) is 0 Å². The quantitative estimate of drug-likeness (QED) is 0.326. The van der Waals surface area contributed by atoms with Crippen molar-refractivity contribution in [2.24, 2.45) is 0 Å². The second-order valence-electron chi connectivity index (χ2n) is 2.48. The second kappa shape index (κ2) is 1.98. The lowest BCUT2D eigenvalue weighted by atomic mass is 9.49. The van der Waals surface area contributed by atoms with E-state index in [1.165, 1.54) is 0 Å². The summed E-state index contributed by atoms with van der Waals surface area (Å²) in [7, 11) is -3.20. The van der Waals surface area contributed by atoms with Crippen LogP contribution in [0.5, 0.6) is 0 Å². The van der Waals surface area contributed by atoms with Gasteiger partial charge in [0.2, 0.25) is 0 Å². The molecule has 50 valence electrons. The Balaban J connectivity index is 2.52. The maximum atomic E-state index is 8.55. The zero-order valence-electron chi connectivity index (χ0n) is 4.86. The fraction of sp³-hybridized carbons (Fsp3) is 1.00. The van der Waals surface area contributed by atoms with Crippen LogP contribution in [0.3, 0.4) is 0 Å². The molecule has 0 aromatic carbocycles. The number of rotatable bonds is 2. The minimum absolute atomic E-state index is 0.475. The Morgan fingerprint density at radius 2 is 1.22 bits per heavy atom. The summed E-state index contributed by atoms with van der Waals surface area (Å²) in [4.78, 5) is 0. The van der Waals surface area contributed by atoms with Gasteiger partial charge in [0, 0.05) is 5.21 Å². The molecule has 4 nitrogen and oxygen atoms in total. The van der Waals surface area contributed by atoms with Crippen LogP contribution >= 0.6 is 0 Å². The van der Waals surface area contributed by atoms with E-state index < -0.39 is 19.5 Å². The Hall–Kier alpha value is -0.0301. The molecule has 1 aliphatic carbocycles. The maximum Gasteiger partial charge on any atom is 0.455 e. The van der Waals surface area contributed by atoms with Crippen LogP contribution in [0.2, 0.25) is 5.21 Å². The van der Waals surface area contributed by atoms with E-state index in [0.29, 0.717) is 12.8 Å². The van der Waals surface area contributed by atoms with Crippen molar-refractivity contribution in [1.82, 2.24) is 0 Å². The number of hydrogen-bond donors (Lipinski definition) is 4. The summed E-state index contributed by atoms with van der Waals surface area (Å²) in [6.07, 6.45) is 0.949. The number of hydrogen-bond acceptors (Lipinski definition) is 4. The Morgan fingerprint density at radius 3 is 1.22 bits per heavy atom. The van der Waals surface area contributed by atoms with Crippen LogP contribution in [0.25, 0.3) is 0 Å². The average Bonchev–Trinajstić information content (AvgIpc) is 2.40. The third-order valence-corrected chi connectivity index (χ3v) is 1.86. The largest absolute Gasteiger partial charge is 0.455 e. The van der Waals surface area contributed by atoms with Crippen molar-refractivity contribution in [3.63, 3.8) is 0 Å². The molecule has 1 saturated carbocycles. The van der Waals surface area contributed by atoms with Crippen LogP contribution in [-0.4, -0.2) is 34.3 Å². The molecule has 0 atom stereocenters.